The van der Waals surface area contributed by atoms with E-state index in [1.807, 2.05) is 25.1 Å². The molecule has 0 aliphatic rings. The summed E-state index contributed by atoms with van der Waals surface area (Å²) in [5, 5.41) is 8.53. The monoisotopic (exact) mass is 233 g/mol. The van der Waals surface area contributed by atoms with Gasteiger partial charge < -0.3 is 9.52 Å². The third-order valence-electron chi connectivity index (χ3n) is 2.67. The van der Waals surface area contributed by atoms with Crippen LogP contribution >= 0.6 is 0 Å². The number of aliphatic carboxylic acids is 1. The Balaban J connectivity index is 1.96. The van der Waals surface area contributed by atoms with Gasteiger partial charge in [-0.3, -0.25) is 4.79 Å². The van der Waals surface area contributed by atoms with Gasteiger partial charge in [-0.1, -0.05) is 6.07 Å². The van der Waals surface area contributed by atoms with Gasteiger partial charge in [0, 0.05) is 13.3 Å². The average molecular weight is 233 g/mol. The number of rotatable bonds is 5. The average Bonchev–Trinajstić information content (AvgIpc) is 2.63. The fraction of sp³-hybridized carbons (Fsp3) is 0.385. The first kappa shape index (κ1) is 11.6. The Hall–Kier alpha value is -1.84. The van der Waals surface area contributed by atoms with Crippen molar-refractivity contribution in [3.63, 3.8) is 0 Å². The minimum atomic E-state index is -0.730. The highest BCUT2D eigenvalue weighted by atomic mass is 16.4. The Morgan fingerprint density at radius 2 is 2.24 bits per heavy atom. The lowest BCUT2D eigenvalue weighted by Crippen LogP contribution is -1.94. The molecular formula is C13H15NO3. The molecule has 0 fully saturated rings. The predicted octanol–water partition coefficient (Wildman–Crippen LogP) is 2.93. The molecule has 2 rings (SSSR count). The zero-order chi connectivity index (χ0) is 12.3. The molecule has 0 aliphatic carbocycles. The van der Waals surface area contributed by atoms with Gasteiger partial charge >= 0.3 is 5.97 Å². The van der Waals surface area contributed by atoms with Crippen LogP contribution in [0.2, 0.25) is 0 Å². The highest BCUT2D eigenvalue weighted by molar-refractivity contribution is 5.73. The molecule has 0 radical (unpaired) electrons. The molecule has 0 aliphatic heterocycles. The van der Waals surface area contributed by atoms with Gasteiger partial charge in [0.1, 0.15) is 5.52 Å². The molecule has 1 aromatic carbocycles. The summed E-state index contributed by atoms with van der Waals surface area (Å²) in [7, 11) is 0. The van der Waals surface area contributed by atoms with E-state index in [2.05, 4.69) is 4.98 Å². The minimum Gasteiger partial charge on any atom is -0.481 e. The molecule has 90 valence electrons. The van der Waals surface area contributed by atoms with Crippen LogP contribution in [-0.4, -0.2) is 16.1 Å². The van der Waals surface area contributed by atoms with Crippen LogP contribution in [0, 0.1) is 6.92 Å². The smallest absolute Gasteiger partial charge is 0.303 e. The molecule has 1 N–H and O–H groups in total. The van der Waals surface area contributed by atoms with E-state index >= 15 is 0 Å². The van der Waals surface area contributed by atoms with Gasteiger partial charge in [0.2, 0.25) is 0 Å². The van der Waals surface area contributed by atoms with Gasteiger partial charge in [-0.25, -0.2) is 4.98 Å². The molecule has 1 heterocycles. The first-order chi connectivity index (χ1) is 8.15. The van der Waals surface area contributed by atoms with Crippen LogP contribution in [0.25, 0.3) is 11.1 Å². The van der Waals surface area contributed by atoms with Crippen LogP contribution in [0.15, 0.2) is 22.6 Å². The van der Waals surface area contributed by atoms with Crippen LogP contribution in [0.1, 0.15) is 30.7 Å². The summed E-state index contributed by atoms with van der Waals surface area (Å²) in [6.45, 7) is 1.83. The number of aryl methyl sites for hydroxylation is 2. The van der Waals surface area contributed by atoms with E-state index in [4.69, 9.17) is 9.52 Å². The zero-order valence-corrected chi connectivity index (χ0v) is 9.77. The van der Waals surface area contributed by atoms with Crippen LogP contribution < -0.4 is 0 Å². The third-order valence-corrected chi connectivity index (χ3v) is 2.67. The maximum absolute atomic E-state index is 10.4. The summed E-state index contributed by atoms with van der Waals surface area (Å²) in [5.41, 5.74) is 2.84. The topological polar surface area (TPSA) is 63.3 Å². The number of unbranched alkanes of at least 4 members (excludes halogenated alkanes) is 1. The van der Waals surface area contributed by atoms with Gasteiger partial charge in [-0.05, 0) is 37.0 Å². The van der Waals surface area contributed by atoms with Crippen LogP contribution in [-0.2, 0) is 11.2 Å². The van der Waals surface area contributed by atoms with Crippen molar-refractivity contribution >= 4 is 17.1 Å². The minimum absolute atomic E-state index is 0.240. The second-order valence-corrected chi connectivity index (χ2v) is 4.14. The Morgan fingerprint density at radius 3 is 3.00 bits per heavy atom. The fourth-order valence-corrected chi connectivity index (χ4v) is 1.85. The van der Waals surface area contributed by atoms with E-state index in [-0.39, 0.29) is 6.42 Å². The van der Waals surface area contributed by atoms with Crippen molar-refractivity contribution < 1.29 is 14.3 Å². The van der Waals surface area contributed by atoms with Crippen molar-refractivity contribution in [2.45, 2.75) is 32.6 Å². The Labute approximate surface area is 99.3 Å². The first-order valence-corrected chi connectivity index (χ1v) is 5.73. The summed E-state index contributed by atoms with van der Waals surface area (Å²) in [4.78, 5) is 14.6. The van der Waals surface area contributed by atoms with Crippen molar-refractivity contribution in [3.8, 4) is 0 Å². The van der Waals surface area contributed by atoms with Crippen molar-refractivity contribution in [2.24, 2.45) is 0 Å². The van der Waals surface area contributed by atoms with Crippen molar-refractivity contribution in [1.82, 2.24) is 4.98 Å². The fourth-order valence-electron chi connectivity index (χ4n) is 1.85. The SMILES string of the molecule is Cc1nc2ccc(CCCCC(=O)O)cc2o1. The summed E-state index contributed by atoms with van der Waals surface area (Å²) >= 11 is 0. The molecule has 1 aromatic heterocycles. The number of nitrogens with zero attached hydrogens (tertiary/aromatic N) is 1. The number of fused-ring (bicyclic) bond motifs is 1. The summed E-state index contributed by atoms with van der Waals surface area (Å²) in [6, 6.07) is 5.94. The van der Waals surface area contributed by atoms with E-state index < -0.39 is 5.97 Å². The quantitative estimate of drug-likeness (QED) is 0.806. The molecule has 4 heteroatoms. The van der Waals surface area contributed by atoms with Crippen molar-refractivity contribution in [2.75, 3.05) is 0 Å². The number of carbonyl (C=O) groups is 1. The maximum atomic E-state index is 10.4. The Kier molecular flexibility index (Phi) is 3.42. The number of carboxylic acid groups (broad SMARTS) is 1. The van der Waals surface area contributed by atoms with Gasteiger partial charge in [-0.2, -0.15) is 0 Å². The number of carboxylic acids is 1. The lowest BCUT2D eigenvalue weighted by molar-refractivity contribution is -0.137. The molecule has 0 saturated heterocycles. The number of oxazole rings is 1. The second kappa shape index (κ2) is 4.99. The van der Waals surface area contributed by atoms with Gasteiger partial charge in [0.05, 0.1) is 0 Å². The standard InChI is InChI=1S/C13H15NO3/c1-9-14-11-7-6-10(8-12(11)17-9)4-2-3-5-13(15)16/h6-8H,2-5H2,1H3,(H,15,16). The maximum Gasteiger partial charge on any atom is 0.303 e. The van der Waals surface area contributed by atoms with E-state index in [9.17, 15) is 4.79 Å². The predicted molar refractivity (Wildman–Crippen MR) is 63.9 cm³/mol. The van der Waals surface area contributed by atoms with Crippen LogP contribution in [0.4, 0.5) is 0 Å². The Bertz CT molecular complexity index is 530. The molecule has 17 heavy (non-hydrogen) atoms. The number of hydrogen-bond donors (Lipinski definition) is 1. The molecule has 4 nitrogen and oxygen atoms in total. The summed E-state index contributed by atoms with van der Waals surface area (Å²) < 4.78 is 5.45. The first-order valence-electron chi connectivity index (χ1n) is 5.73. The molecule has 2 aromatic rings. The molecule has 0 unspecified atom stereocenters. The number of hydrogen-bond acceptors (Lipinski definition) is 3. The highest BCUT2D eigenvalue weighted by Crippen LogP contribution is 2.18. The van der Waals surface area contributed by atoms with Crippen molar-refractivity contribution in [3.05, 3.63) is 29.7 Å². The Morgan fingerprint density at radius 1 is 1.41 bits per heavy atom. The number of benzene rings is 1. The van der Waals surface area contributed by atoms with Gasteiger partial charge in [0.25, 0.3) is 0 Å². The lowest BCUT2D eigenvalue weighted by atomic mass is 10.1. The normalized spacial score (nSPS) is 10.9. The largest absolute Gasteiger partial charge is 0.481 e. The number of aromatic nitrogens is 1. The molecule has 0 saturated carbocycles. The van der Waals surface area contributed by atoms with Gasteiger partial charge in [0.15, 0.2) is 11.5 Å². The van der Waals surface area contributed by atoms with Crippen molar-refractivity contribution in [1.29, 1.82) is 0 Å². The molecular weight excluding hydrogens is 218 g/mol. The van der Waals surface area contributed by atoms with E-state index in [1.165, 1.54) is 5.56 Å². The summed E-state index contributed by atoms with van der Waals surface area (Å²) in [6.07, 6.45) is 2.71. The van der Waals surface area contributed by atoms with E-state index in [1.54, 1.807) is 0 Å². The van der Waals surface area contributed by atoms with E-state index in [0.717, 1.165) is 23.9 Å². The third kappa shape index (κ3) is 3.06. The van der Waals surface area contributed by atoms with Gasteiger partial charge in [-0.15, -0.1) is 0 Å². The highest BCUT2D eigenvalue weighted by Gasteiger charge is 2.03. The summed E-state index contributed by atoms with van der Waals surface area (Å²) in [5.74, 6) is -0.0608. The van der Waals surface area contributed by atoms with Crippen LogP contribution in [0.3, 0.4) is 0 Å². The lowest BCUT2D eigenvalue weighted by Gasteiger charge is -1.99. The molecule has 0 amide bonds. The zero-order valence-electron chi connectivity index (χ0n) is 9.77. The molecule has 0 atom stereocenters. The second-order valence-electron chi connectivity index (χ2n) is 4.14. The molecule has 0 bridgehead atoms. The molecule has 0 spiro atoms. The van der Waals surface area contributed by atoms with Crippen LogP contribution in [0.5, 0.6) is 0 Å². The van der Waals surface area contributed by atoms with E-state index in [0.29, 0.717) is 12.3 Å².